The molecule has 0 aliphatic heterocycles. The monoisotopic (exact) mass is 822 g/mol. The minimum absolute atomic E-state index is 0.0432. The van der Waals surface area contributed by atoms with Crippen LogP contribution < -0.4 is 5.11 Å². The lowest BCUT2D eigenvalue weighted by Crippen LogP contribution is -2.55. The smallest absolute Gasteiger partial charge is 0.306 e. The molecule has 0 radical (unpaired) electrons. The lowest BCUT2D eigenvalue weighted by molar-refractivity contribution is -0.889. The highest BCUT2D eigenvalue weighted by atomic mass is 16.6. The summed E-state index contributed by atoms with van der Waals surface area (Å²) in [4.78, 5) is 36.9. The fourth-order valence-electron chi connectivity index (χ4n) is 7.54. The van der Waals surface area contributed by atoms with Crippen LogP contribution in [0.2, 0.25) is 0 Å². The molecule has 0 aliphatic rings. The summed E-state index contributed by atoms with van der Waals surface area (Å²) >= 11 is 0. The summed E-state index contributed by atoms with van der Waals surface area (Å²) in [7, 11) is 5.42. The first-order valence-electron chi connectivity index (χ1n) is 24.7. The van der Waals surface area contributed by atoms with E-state index in [1.54, 1.807) is 21.1 Å². The van der Waals surface area contributed by atoms with Crippen molar-refractivity contribution in [1.82, 2.24) is 0 Å². The number of quaternary nitrogens is 1. The number of allylic oxidation sites excluding steroid dienone is 2. The molecule has 0 N–H and O–H groups in total. The Morgan fingerprint density at radius 2 is 0.862 bits per heavy atom. The van der Waals surface area contributed by atoms with Crippen molar-refractivity contribution in [2.24, 2.45) is 0 Å². The first kappa shape index (κ1) is 56.1. The quantitative estimate of drug-likeness (QED) is 0.0261. The Balaban J connectivity index is 4.21. The van der Waals surface area contributed by atoms with Gasteiger partial charge < -0.3 is 28.6 Å². The van der Waals surface area contributed by atoms with Gasteiger partial charge in [-0.3, -0.25) is 9.59 Å². The summed E-state index contributed by atoms with van der Waals surface area (Å²) in [5.74, 6) is -1.73. The molecule has 0 aromatic rings. The average Bonchev–Trinajstić information content (AvgIpc) is 3.18. The molecular weight excluding hydrogens is 727 g/mol. The van der Waals surface area contributed by atoms with E-state index < -0.39 is 18.1 Å². The number of unbranched alkanes of at least 4 members (excludes halogenated alkanes) is 29. The average molecular weight is 822 g/mol. The second-order valence-corrected chi connectivity index (χ2v) is 18.1. The number of hydrogen-bond acceptors (Lipinski definition) is 7. The number of ether oxygens (including phenoxy) is 3. The van der Waals surface area contributed by atoms with E-state index in [9.17, 15) is 19.5 Å². The van der Waals surface area contributed by atoms with Crippen LogP contribution in [0.25, 0.3) is 0 Å². The van der Waals surface area contributed by atoms with Gasteiger partial charge in [-0.2, -0.15) is 0 Å². The molecule has 0 fully saturated rings. The van der Waals surface area contributed by atoms with Gasteiger partial charge in [0.2, 0.25) is 0 Å². The molecule has 2 atom stereocenters. The molecule has 0 amide bonds. The maximum atomic E-state index is 12.7. The number of nitrogens with zero attached hydrogens (tertiary/aromatic N) is 1. The van der Waals surface area contributed by atoms with Gasteiger partial charge in [-0.15, -0.1) is 0 Å². The molecule has 8 heteroatoms. The summed E-state index contributed by atoms with van der Waals surface area (Å²) in [5.41, 5.74) is 0. The van der Waals surface area contributed by atoms with Crippen LogP contribution in [0.1, 0.15) is 239 Å². The highest BCUT2D eigenvalue weighted by Crippen LogP contribution is 2.16. The zero-order valence-electron chi connectivity index (χ0n) is 39.0. The normalized spacial score (nSPS) is 12.9. The number of hydrogen-bond donors (Lipinski definition) is 0. The van der Waals surface area contributed by atoms with Crippen LogP contribution in [0.4, 0.5) is 0 Å². The number of carboxylic acid groups (broad SMARTS) is 1. The van der Waals surface area contributed by atoms with Crippen molar-refractivity contribution >= 4 is 17.9 Å². The number of likely N-dealkylation sites (N-methyl/N-ethyl adjacent to an activating group) is 1. The molecule has 342 valence electrons. The third-order valence-corrected chi connectivity index (χ3v) is 11.4. The van der Waals surface area contributed by atoms with E-state index >= 15 is 0 Å². The Morgan fingerprint density at radius 3 is 1.24 bits per heavy atom. The van der Waals surface area contributed by atoms with Crippen molar-refractivity contribution in [3.05, 3.63) is 12.2 Å². The fraction of sp³-hybridized carbons (Fsp3) is 0.900. The van der Waals surface area contributed by atoms with E-state index in [1.807, 2.05) is 0 Å². The third-order valence-electron chi connectivity index (χ3n) is 11.4. The molecule has 8 nitrogen and oxygen atoms in total. The third kappa shape index (κ3) is 39.5. The first-order valence-corrected chi connectivity index (χ1v) is 24.7. The summed E-state index contributed by atoms with van der Waals surface area (Å²) < 4.78 is 17.2. The molecule has 0 bridgehead atoms. The van der Waals surface area contributed by atoms with E-state index in [1.165, 1.54) is 154 Å². The summed E-state index contributed by atoms with van der Waals surface area (Å²) in [6.45, 7) is 4.68. The van der Waals surface area contributed by atoms with Gasteiger partial charge in [-0.05, 0) is 38.5 Å². The Kier molecular flexibility index (Phi) is 40.4. The van der Waals surface area contributed by atoms with E-state index in [2.05, 4.69) is 26.0 Å². The lowest BCUT2D eigenvalue weighted by atomic mass is 10.0. The lowest BCUT2D eigenvalue weighted by Gasteiger charge is -2.34. The molecular formula is C50H95NO7. The van der Waals surface area contributed by atoms with Gasteiger partial charge in [0.1, 0.15) is 12.6 Å². The Labute approximate surface area is 359 Å². The van der Waals surface area contributed by atoms with Crippen molar-refractivity contribution < 1.29 is 38.2 Å². The summed E-state index contributed by atoms with van der Waals surface area (Å²) in [5, 5.41) is 11.6. The minimum atomic E-state index is -1.12. The van der Waals surface area contributed by atoms with Crippen molar-refractivity contribution in [2.75, 3.05) is 41.0 Å². The standard InChI is InChI=1S/C50H95NO7/c1-6-8-10-12-14-16-18-20-22-23-24-25-26-27-29-30-32-34-36-38-40-48(52)57-45-46(44-56-43-42-47(50(54)55)51(3,4)5)58-49(53)41-39-37-35-33-31-28-21-19-17-15-13-11-9-7-2/h19,21,46-47H,6-18,20,22-45H2,1-5H3/b21-19-. The van der Waals surface area contributed by atoms with Gasteiger partial charge in [0, 0.05) is 19.3 Å². The van der Waals surface area contributed by atoms with Gasteiger partial charge in [-0.1, -0.05) is 193 Å². The van der Waals surface area contributed by atoms with Crippen LogP contribution >= 0.6 is 0 Å². The van der Waals surface area contributed by atoms with Gasteiger partial charge >= 0.3 is 11.9 Å². The molecule has 2 unspecified atom stereocenters. The van der Waals surface area contributed by atoms with Crippen molar-refractivity contribution in [1.29, 1.82) is 0 Å². The number of esters is 2. The van der Waals surface area contributed by atoms with Crippen LogP contribution in [0, 0.1) is 0 Å². The number of carbonyl (C=O) groups is 3. The van der Waals surface area contributed by atoms with E-state index in [0.717, 1.165) is 51.4 Å². The second-order valence-electron chi connectivity index (χ2n) is 18.1. The van der Waals surface area contributed by atoms with Crippen LogP contribution in [0.3, 0.4) is 0 Å². The molecule has 0 saturated carbocycles. The van der Waals surface area contributed by atoms with Crippen molar-refractivity contribution in [2.45, 2.75) is 251 Å². The summed E-state index contributed by atoms with van der Waals surface area (Å²) in [6.07, 6.45) is 45.2. The van der Waals surface area contributed by atoms with Crippen molar-refractivity contribution in [3.63, 3.8) is 0 Å². The molecule has 58 heavy (non-hydrogen) atoms. The van der Waals surface area contributed by atoms with Crippen LogP contribution in [-0.4, -0.2) is 75.5 Å². The van der Waals surface area contributed by atoms with Gasteiger partial charge in [-0.25, -0.2) is 0 Å². The first-order chi connectivity index (χ1) is 28.1. The van der Waals surface area contributed by atoms with Gasteiger partial charge in [0.25, 0.3) is 0 Å². The van der Waals surface area contributed by atoms with Crippen LogP contribution in [0.5, 0.6) is 0 Å². The van der Waals surface area contributed by atoms with E-state index in [4.69, 9.17) is 14.2 Å². The largest absolute Gasteiger partial charge is 0.544 e. The molecule has 0 heterocycles. The molecule has 0 rings (SSSR count). The highest BCUT2D eigenvalue weighted by molar-refractivity contribution is 5.70. The second kappa shape index (κ2) is 41.8. The zero-order valence-corrected chi connectivity index (χ0v) is 39.0. The van der Waals surface area contributed by atoms with E-state index in [0.29, 0.717) is 12.8 Å². The highest BCUT2D eigenvalue weighted by Gasteiger charge is 2.25. The predicted octanol–water partition coefficient (Wildman–Crippen LogP) is 12.5. The summed E-state index contributed by atoms with van der Waals surface area (Å²) in [6, 6.07) is -0.723. The fourth-order valence-corrected chi connectivity index (χ4v) is 7.54. The Hall–Kier alpha value is -1.93. The molecule has 0 aliphatic carbocycles. The zero-order chi connectivity index (χ0) is 42.8. The molecule has 0 aromatic carbocycles. The van der Waals surface area contributed by atoms with Crippen LogP contribution in [-0.2, 0) is 28.6 Å². The van der Waals surface area contributed by atoms with E-state index in [-0.39, 0.29) is 42.7 Å². The Morgan fingerprint density at radius 1 is 0.500 bits per heavy atom. The maximum Gasteiger partial charge on any atom is 0.306 e. The number of carboxylic acids is 1. The number of carbonyl (C=O) groups excluding carboxylic acids is 3. The Bertz CT molecular complexity index is 962. The minimum Gasteiger partial charge on any atom is -0.544 e. The van der Waals surface area contributed by atoms with Crippen LogP contribution in [0.15, 0.2) is 12.2 Å². The topological polar surface area (TPSA) is 102 Å². The molecule has 0 spiro atoms. The van der Waals surface area contributed by atoms with Gasteiger partial charge in [0.15, 0.2) is 6.10 Å². The predicted molar refractivity (Wildman–Crippen MR) is 241 cm³/mol. The molecule has 0 saturated heterocycles. The molecule has 0 aromatic heterocycles. The van der Waals surface area contributed by atoms with Gasteiger partial charge in [0.05, 0.1) is 40.3 Å². The SMILES string of the molecule is CCCCCCC/C=C\CCCCCCCC(=O)OC(COCCC(C(=O)[O-])[N+](C)(C)C)COC(=O)CCCCCCCCCCCCCCCCCCCCCC. The van der Waals surface area contributed by atoms with Crippen molar-refractivity contribution in [3.8, 4) is 0 Å². The number of rotatable bonds is 45. The number of aliphatic carboxylic acids is 1. The maximum absolute atomic E-state index is 12.7.